The minimum absolute atomic E-state index is 0.0112. The average Bonchev–Trinajstić information content (AvgIpc) is 3.02. The largest absolute Gasteiger partial charge is 0.279 e. The Balaban J connectivity index is 1.79. The first-order valence-electron chi connectivity index (χ1n) is 9.04. The van der Waals surface area contributed by atoms with Crippen molar-refractivity contribution in [3.63, 3.8) is 0 Å². The Morgan fingerprint density at radius 3 is 2.32 bits per heavy atom. The first-order valence-corrected chi connectivity index (χ1v) is 10.9. The molecule has 31 heavy (non-hydrogen) atoms. The van der Waals surface area contributed by atoms with Gasteiger partial charge in [-0.3, -0.25) is 14.3 Å². The third-order valence-corrected chi connectivity index (χ3v) is 6.49. The molecule has 0 aliphatic carbocycles. The van der Waals surface area contributed by atoms with E-state index in [1.165, 1.54) is 42.5 Å². The molecule has 0 saturated heterocycles. The number of nitrogens with one attached hydrogen (secondary N) is 1. The van der Waals surface area contributed by atoms with Crippen LogP contribution in [0.3, 0.4) is 0 Å². The van der Waals surface area contributed by atoms with E-state index in [-0.39, 0.29) is 38.0 Å². The molecule has 154 valence electrons. The highest BCUT2D eigenvalue weighted by molar-refractivity contribution is 7.92. The monoisotopic (exact) mass is 451 g/mol. The first kappa shape index (κ1) is 20.6. The molecule has 0 unspecified atom stereocenters. The zero-order chi connectivity index (χ0) is 22.3. The first-order chi connectivity index (χ1) is 14.7. The molecule has 0 saturated carbocycles. The lowest BCUT2D eigenvalue weighted by molar-refractivity contribution is 0.0926. The predicted molar refractivity (Wildman–Crippen MR) is 116 cm³/mol. The summed E-state index contributed by atoms with van der Waals surface area (Å²) in [5, 5.41) is 9.13. The van der Waals surface area contributed by atoms with Gasteiger partial charge in [0, 0.05) is 0 Å². The highest BCUT2D eigenvalue weighted by Crippen LogP contribution is 2.38. The quantitative estimate of drug-likeness (QED) is 0.600. The second-order valence-corrected chi connectivity index (χ2v) is 8.96. The number of benzene rings is 3. The number of rotatable bonds is 4. The number of carbonyl (C=O) groups is 2. The SMILES string of the molecule is Cc1ccc(S(=O)(=O)Nc2ccc(Cl)c3c2C(=O)N(c2cccc(C#N)c2)C3=O)cc1. The number of aryl methyl sites for hydroxylation is 1. The Bertz CT molecular complexity index is 1390. The molecule has 3 aromatic carbocycles. The van der Waals surface area contributed by atoms with Crippen molar-refractivity contribution < 1.29 is 18.0 Å². The van der Waals surface area contributed by atoms with Gasteiger partial charge >= 0.3 is 0 Å². The molecule has 1 heterocycles. The van der Waals surface area contributed by atoms with Crippen LogP contribution >= 0.6 is 11.6 Å². The Morgan fingerprint density at radius 1 is 0.968 bits per heavy atom. The van der Waals surface area contributed by atoms with Crippen LogP contribution < -0.4 is 9.62 Å². The molecule has 4 rings (SSSR count). The van der Waals surface area contributed by atoms with Gasteiger partial charge in [-0.1, -0.05) is 35.4 Å². The van der Waals surface area contributed by atoms with Gasteiger partial charge in [0.25, 0.3) is 21.8 Å². The van der Waals surface area contributed by atoms with E-state index in [9.17, 15) is 18.0 Å². The third-order valence-electron chi connectivity index (χ3n) is 4.80. The summed E-state index contributed by atoms with van der Waals surface area (Å²) in [7, 11) is -4.02. The van der Waals surface area contributed by atoms with Gasteiger partial charge in [-0.2, -0.15) is 5.26 Å². The van der Waals surface area contributed by atoms with Crippen molar-refractivity contribution in [3.8, 4) is 6.07 Å². The number of hydrogen-bond acceptors (Lipinski definition) is 5. The van der Waals surface area contributed by atoms with Crippen LogP contribution in [0, 0.1) is 18.3 Å². The van der Waals surface area contributed by atoms with Crippen molar-refractivity contribution in [2.24, 2.45) is 0 Å². The van der Waals surface area contributed by atoms with E-state index >= 15 is 0 Å². The van der Waals surface area contributed by atoms with Gasteiger partial charge in [-0.25, -0.2) is 13.3 Å². The number of amides is 2. The Kier molecular flexibility index (Phi) is 5.01. The fraction of sp³-hybridized carbons (Fsp3) is 0.0455. The summed E-state index contributed by atoms with van der Waals surface area (Å²) >= 11 is 6.19. The number of carbonyl (C=O) groups excluding carboxylic acids is 2. The molecule has 0 bridgehead atoms. The highest BCUT2D eigenvalue weighted by atomic mass is 35.5. The normalized spacial score (nSPS) is 13.1. The number of nitriles is 1. The van der Waals surface area contributed by atoms with Crippen molar-refractivity contribution in [1.82, 2.24) is 0 Å². The lowest BCUT2D eigenvalue weighted by Crippen LogP contribution is -2.29. The smallest absolute Gasteiger partial charge is 0.268 e. The molecule has 1 aliphatic heterocycles. The van der Waals surface area contributed by atoms with Crippen molar-refractivity contribution in [1.29, 1.82) is 5.26 Å². The number of halogens is 1. The molecule has 9 heteroatoms. The van der Waals surface area contributed by atoms with E-state index in [1.807, 2.05) is 13.0 Å². The minimum atomic E-state index is -4.02. The van der Waals surface area contributed by atoms with Crippen LogP contribution in [0.15, 0.2) is 65.6 Å². The number of nitrogens with zero attached hydrogens (tertiary/aromatic N) is 2. The summed E-state index contributed by atoms with van der Waals surface area (Å²) < 4.78 is 28.1. The molecule has 0 radical (unpaired) electrons. The topological polar surface area (TPSA) is 107 Å². The lowest BCUT2D eigenvalue weighted by Gasteiger charge is -2.14. The Hall–Kier alpha value is -3.67. The summed E-state index contributed by atoms with van der Waals surface area (Å²) in [6.07, 6.45) is 0. The summed E-state index contributed by atoms with van der Waals surface area (Å²) in [6, 6.07) is 16.8. The molecule has 0 aromatic heterocycles. The molecule has 0 fully saturated rings. The van der Waals surface area contributed by atoms with Crippen LogP contribution in [-0.4, -0.2) is 20.2 Å². The number of fused-ring (bicyclic) bond motifs is 1. The molecule has 0 spiro atoms. The minimum Gasteiger partial charge on any atom is -0.279 e. The van der Waals surface area contributed by atoms with Crippen LogP contribution in [0.1, 0.15) is 31.8 Å². The predicted octanol–water partition coefficient (Wildman–Crippen LogP) is 4.12. The molecule has 7 nitrogen and oxygen atoms in total. The van der Waals surface area contributed by atoms with Crippen LogP contribution in [0.25, 0.3) is 0 Å². The third kappa shape index (κ3) is 3.54. The summed E-state index contributed by atoms with van der Waals surface area (Å²) in [4.78, 5) is 27.1. The standard InChI is InChI=1S/C22H14ClN3O4S/c1-13-5-7-16(8-6-13)31(29,30)25-18-10-9-17(23)19-20(18)22(28)26(21(19)27)15-4-2-3-14(11-15)12-24/h2-11,25H,1H3. The molecular formula is C22H14ClN3O4S. The molecule has 1 aliphatic rings. The van der Waals surface area contributed by atoms with Gasteiger partial charge in [0.05, 0.1) is 44.1 Å². The maximum Gasteiger partial charge on any atom is 0.268 e. The number of hydrogen-bond donors (Lipinski definition) is 1. The van der Waals surface area contributed by atoms with E-state index in [2.05, 4.69) is 4.72 Å². The fourth-order valence-corrected chi connectivity index (χ4v) is 4.59. The van der Waals surface area contributed by atoms with Crippen LogP contribution in [0.4, 0.5) is 11.4 Å². The van der Waals surface area contributed by atoms with Gasteiger partial charge in [-0.05, 0) is 49.4 Å². The van der Waals surface area contributed by atoms with Crippen molar-refractivity contribution >= 4 is 44.8 Å². The molecule has 3 aromatic rings. The number of sulfonamides is 1. The zero-order valence-electron chi connectivity index (χ0n) is 16.1. The van der Waals surface area contributed by atoms with E-state index in [1.54, 1.807) is 18.2 Å². The summed E-state index contributed by atoms with van der Waals surface area (Å²) in [5.41, 5.74) is 1.04. The summed E-state index contributed by atoms with van der Waals surface area (Å²) in [5.74, 6) is -1.43. The maximum atomic E-state index is 13.2. The Labute approximate surface area is 183 Å². The summed E-state index contributed by atoms with van der Waals surface area (Å²) in [6.45, 7) is 1.83. The van der Waals surface area contributed by atoms with E-state index < -0.39 is 21.8 Å². The number of anilines is 2. The highest BCUT2D eigenvalue weighted by Gasteiger charge is 2.41. The molecule has 2 amide bonds. The van der Waals surface area contributed by atoms with Crippen molar-refractivity contribution in [2.45, 2.75) is 11.8 Å². The van der Waals surface area contributed by atoms with Crippen molar-refractivity contribution in [2.75, 3.05) is 9.62 Å². The van der Waals surface area contributed by atoms with Gasteiger partial charge in [0.1, 0.15) is 0 Å². The fourth-order valence-electron chi connectivity index (χ4n) is 3.28. The maximum absolute atomic E-state index is 13.2. The van der Waals surface area contributed by atoms with Crippen LogP contribution in [0.5, 0.6) is 0 Å². The van der Waals surface area contributed by atoms with Gasteiger partial charge < -0.3 is 0 Å². The lowest BCUT2D eigenvalue weighted by atomic mass is 10.1. The Morgan fingerprint density at radius 2 is 1.65 bits per heavy atom. The molecule has 0 atom stereocenters. The second-order valence-electron chi connectivity index (χ2n) is 6.87. The van der Waals surface area contributed by atoms with E-state index in [4.69, 9.17) is 16.9 Å². The van der Waals surface area contributed by atoms with E-state index in [0.29, 0.717) is 0 Å². The average molecular weight is 452 g/mol. The number of imide groups is 1. The molecule has 1 N–H and O–H groups in total. The zero-order valence-corrected chi connectivity index (χ0v) is 17.7. The van der Waals surface area contributed by atoms with Crippen LogP contribution in [0.2, 0.25) is 5.02 Å². The van der Waals surface area contributed by atoms with Gasteiger partial charge in [0.2, 0.25) is 0 Å². The van der Waals surface area contributed by atoms with Gasteiger partial charge in [-0.15, -0.1) is 0 Å². The van der Waals surface area contributed by atoms with Crippen molar-refractivity contribution in [3.05, 3.63) is 87.9 Å². The van der Waals surface area contributed by atoms with E-state index in [0.717, 1.165) is 10.5 Å². The molecular weight excluding hydrogens is 438 g/mol. The van der Waals surface area contributed by atoms with Crippen LogP contribution in [-0.2, 0) is 10.0 Å². The second kappa shape index (κ2) is 7.54. The van der Waals surface area contributed by atoms with Gasteiger partial charge in [0.15, 0.2) is 0 Å².